The highest BCUT2D eigenvalue weighted by Crippen LogP contribution is 2.41. The molecule has 4 fully saturated rings. The van der Waals surface area contributed by atoms with E-state index < -0.39 is 0 Å². The van der Waals surface area contributed by atoms with Crippen molar-refractivity contribution in [3.05, 3.63) is 0 Å². The third kappa shape index (κ3) is 2.44. The van der Waals surface area contributed by atoms with Crippen LogP contribution >= 0.6 is 11.8 Å². The van der Waals surface area contributed by atoms with Gasteiger partial charge in [-0.15, -0.1) is 11.8 Å². The van der Waals surface area contributed by atoms with E-state index in [4.69, 9.17) is 10.5 Å². The molecule has 0 aromatic heterocycles. The summed E-state index contributed by atoms with van der Waals surface area (Å²) in [5.41, 5.74) is 6.14. The molecule has 0 aromatic rings. The first kappa shape index (κ1) is 12.9. The predicted molar refractivity (Wildman–Crippen MR) is 77.7 cm³/mol. The fourth-order valence-corrected chi connectivity index (χ4v) is 5.74. The summed E-state index contributed by atoms with van der Waals surface area (Å²) in [6.45, 7) is 0. The lowest BCUT2D eigenvalue weighted by atomic mass is 9.84. The van der Waals surface area contributed by atoms with Gasteiger partial charge in [-0.25, -0.2) is 0 Å². The standard InChI is InChI=1S/C14H25N3OS/c15-14-17-10-6-5-8(7-12(10)19-14)13-16-9-3-1-2-4-11(9)18-13/h8-14,16-17H,1-7,15H2. The summed E-state index contributed by atoms with van der Waals surface area (Å²) in [6, 6.07) is 1.27. The average Bonchev–Trinajstić information content (AvgIpc) is 2.99. The Morgan fingerprint density at radius 2 is 1.89 bits per heavy atom. The monoisotopic (exact) mass is 283 g/mol. The molecule has 2 saturated carbocycles. The highest BCUT2D eigenvalue weighted by atomic mass is 32.2. The van der Waals surface area contributed by atoms with Gasteiger partial charge in [0, 0.05) is 17.3 Å². The Bertz CT molecular complexity index is 329. The Hall–Kier alpha value is 0.190. The lowest BCUT2D eigenvalue weighted by Crippen LogP contribution is -2.44. The normalized spacial score (nSPS) is 53.8. The van der Waals surface area contributed by atoms with Crippen molar-refractivity contribution >= 4 is 11.8 Å². The zero-order valence-electron chi connectivity index (χ0n) is 11.4. The van der Waals surface area contributed by atoms with Gasteiger partial charge in [-0.2, -0.15) is 0 Å². The van der Waals surface area contributed by atoms with Gasteiger partial charge in [-0.05, 0) is 38.0 Å². The lowest BCUT2D eigenvalue weighted by Gasteiger charge is -2.33. The van der Waals surface area contributed by atoms with Crippen LogP contribution in [0.3, 0.4) is 0 Å². The van der Waals surface area contributed by atoms with Crippen molar-refractivity contribution in [1.82, 2.24) is 10.6 Å². The van der Waals surface area contributed by atoms with Crippen LogP contribution < -0.4 is 16.4 Å². The van der Waals surface area contributed by atoms with Crippen molar-refractivity contribution in [2.75, 3.05) is 0 Å². The van der Waals surface area contributed by atoms with Crippen LogP contribution in [0.15, 0.2) is 0 Å². The molecule has 7 atom stereocenters. The Kier molecular flexibility index (Phi) is 3.52. The quantitative estimate of drug-likeness (QED) is 0.678. The number of fused-ring (bicyclic) bond motifs is 2. The van der Waals surface area contributed by atoms with E-state index in [2.05, 4.69) is 10.6 Å². The smallest absolute Gasteiger partial charge is 0.111 e. The minimum atomic E-state index is 0.147. The number of hydrogen-bond donors (Lipinski definition) is 3. The van der Waals surface area contributed by atoms with Crippen molar-refractivity contribution < 1.29 is 4.74 Å². The third-order valence-corrected chi connectivity index (χ3v) is 6.66. The van der Waals surface area contributed by atoms with E-state index in [0.717, 1.165) is 0 Å². The molecule has 4 aliphatic rings. The topological polar surface area (TPSA) is 59.3 Å². The first-order valence-electron chi connectivity index (χ1n) is 7.88. The molecule has 0 amide bonds. The van der Waals surface area contributed by atoms with Crippen LogP contribution in [-0.4, -0.2) is 35.2 Å². The molecule has 2 aliphatic carbocycles. The Balaban J connectivity index is 1.38. The Morgan fingerprint density at radius 3 is 2.79 bits per heavy atom. The van der Waals surface area contributed by atoms with Crippen molar-refractivity contribution in [2.45, 2.75) is 80.1 Å². The van der Waals surface area contributed by atoms with Gasteiger partial charge in [0.1, 0.15) is 11.7 Å². The lowest BCUT2D eigenvalue weighted by molar-refractivity contribution is -0.0156. The van der Waals surface area contributed by atoms with Crippen LogP contribution in [0.25, 0.3) is 0 Å². The van der Waals surface area contributed by atoms with Gasteiger partial charge in [0.15, 0.2) is 0 Å². The summed E-state index contributed by atoms with van der Waals surface area (Å²) < 4.78 is 6.31. The second-order valence-corrected chi connectivity index (χ2v) is 7.98. The molecule has 0 spiro atoms. The van der Waals surface area contributed by atoms with Crippen LogP contribution in [0, 0.1) is 5.92 Å². The van der Waals surface area contributed by atoms with Gasteiger partial charge in [-0.3, -0.25) is 10.6 Å². The molecule has 0 aromatic carbocycles. The summed E-state index contributed by atoms with van der Waals surface area (Å²) in [4.78, 5) is 0. The maximum Gasteiger partial charge on any atom is 0.111 e. The molecular weight excluding hydrogens is 258 g/mol. The van der Waals surface area contributed by atoms with Crippen LogP contribution in [0.4, 0.5) is 0 Å². The second kappa shape index (κ2) is 5.19. The first-order valence-corrected chi connectivity index (χ1v) is 8.82. The molecule has 19 heavy (non-hydrogen) atoms. The van der Waals surface area contributed by atoms with E-state index in [1.54, 1.807) is 0 Å². The van der Waals surface area contributed by atoms with Crippen LogP contribution in [0.2, 0.25) is 0 Å². The molecule has 2 aliphatic heterocycles. The van der Waals surface area contributed by atoms with Gasteiger partial charge in [0.25, 0.3) is 0 Å². The SMILES string of the molecule is NC1NC2CCC(C3NC4CCCCC4O3)CC2S1. The van der Waals surface area contributed by atoms with Crippen LogP contribution in [-0.2, 0) is 4.74 Å². The number of nitrogens with one attached hydrogen (secondary N) is 2. The molecular formula is C14H25N3OS. The van der Waals surface area contributed by atoms with Crippen LogP contribution in [0.1, 0.15) is 44.9 Å². The second-order valence-electron chi connectivity index (χ2n) is 6.59. The molecule has 4 nitrogen and oxygen atoms in total. The molecule has 7 unspecified atom stereocenters. The maximum atomic E-state index is 6.31. The fraction of sp³-hybridized carbons (Fsp3) is 1.00. The number of thioether (sulfide) groups is 1. The number of nitrogens with two attached hydrogens (primary N) is 1. The largest absolute Gasteiger partial charge is 0.358 e. The number of rotatable bonds is 1. The molecule has 108 valence electrons. The van der Waals surface area contributed by atoms with E-state index in [-0.39, 0.29) is 5.50 Å². The fourth-order valence-electron chi connectivity index (χ4n) is 4.35. The van der Waals surface area contributed by atoms with E-state index in [1.807, 2.05) is 11.8 Å². The molecule has 5 heteroatoms. The third-order valence-electron chi connectivity index (χ3n) is 5.36. The minimum Gasteiger partial charge on any atom is -0.358 e. The van der Waals surface area contributed by atoms with E-state index in [9.17, 15) is 0 Å². The zero-order chi connectivity index (χ0) is 12.8. The maximum absolute atomic E-state index is 6.31. The van der Waals surface area contributed by atoms with Gasteiger partial charge in [0.2, 0.25) is 0 Å². The van der Waals surface area contributed by atoms with Gasteiger partial charge < -0.3 is 10.5 Å². The highest BCUT2D eigenvalue weighted by molar-refractivity contribution is 8.00. The Morgan fingerprint density at radius 1 is 1.00 bits per heavy atom. The average molecular weight is 283 g/mol. The van der Waals surface area contributed by atoms with Crippen molar-refractivity contribution in [1.29, 1.82) is 0 Å². The zero-order valence-corrected chi connectivity index (χ0v) is 12.2. The molecule has 2 heterocycles. The van der Waals surface area contributed by atoms with Crippen molar-refractivity contribution in [2.24, 2.45) is 11.7 Å². The molecule has 4 rings (SSSR count). The van der Waals surface area contributed by atoms with Gasteiger partial charge >= 0.3 is 0 Å². The minimum absolute atomic E-state index is 0.147. The predicted octanol–water partition coefficient (Wildman–Crippen LogP) is 1.36. The molecule has 0 radical (unpaired) electrons. The van der Waals surface area contributed by atoms with Crippen LogP contribution in [0.5, 0.6) is 0 Å². The summed E-state index contributed by atoms with van der Waals surface area (Å²) in [5, 5.41) is 7.96. The molecule has 2 saturated heterocycles. The molecule has 0 bridgehead atoms. The van der Waals surface area contributed by atoms with Gasteiger partial charge in [-0.1, -0.05) is 12.8 Å². The van der Waals surface area contributed by atoms with Gasteiger partial charge in [0.05, 0.1) is 6.10 Å². The van der Waals surface area contributed by atoms with E-state index in [1.165, 1.54) is 44.9 Å². The highest BCUT2D eigenvalue weighted by Gasteiger charge is 2.44. The van der Waals surface area contributed by atoms with E-state index >= 15 is 0 Å². The number of hydrogen-bond acceptors (Lipinski definition) is 5. The summed E-state index contributed by atoms with van der Waals surface area (Å²) in [7, 11) is 0. The number of ether oxygens (including phenoxy) is 1. The molecule has 4 N–H and O–H groups in total. The first-order chi connectivity index (χ1) is 9.29. The Labute approximate surface area is 119 Å². The van der Waals surface area contributed by atoms with E-state index in [0.29, 0.717) is 35.6 Å². The van der Waals surface area contributed by atoms with Crippen molar-refractivity contribution in [3.8, 4) is 0 Å². The summed E-state index contributed by atoms with van der Waals surface area (Å²) in [6.07, 6.45) is 9.88. The summed E-state index contributed by atoms with van der Waals surface area (Å²) in [5.74, 6) is 0.687. The van der Waals surface area contributed by atoms with Crippen molar-refractivity contribution in [3.63, 3.8) is 0 Å². The summed E-state index contributed by atoms with van der Waals surface area (Å²) >= 11 is 1.92.